The van der Waals surface area contributed by atoms with E-state index in [2.05, 4.69) is 32.6 Å². The average Bonchev–Trinajstić information content (AvgIpc) is 2.33. The van der Waals surface area contributed by atoms with Crippen LogP contribution in [-0.4, -0.2) is 17.8 Å². The normalized spacial score (nSPS) is 10.6. The highest BCUT2D eigenvalue weighted by atomic mass is 127. The third-order valence-electron chi connectivity index (χ3n) is 1.50. The first-order valence-corrected chi connectivity index (χ1v) is 4.23. The first-order valence-electron chi connectivity index (χ1n) is 3.15. The van der Waals surface area contributed by atoms with E-state index in [-0.39, 0.29) is 0 Å². The summed E-state index contributed by atoms with van der Waals surface area (Å²) in [4.78, 5) is 7.16. The minimum absolute atomic E-state index is 0.704. The number of hydrogen-bond acceptors (Lipinski definition) is 1. The van der Waals surface area contributed by atoms with E-state index in [1.54, 1.807) is 6.20 Å². The molecule has 0 aliphatic rings. The number of aromatic nitrogens is 2. The number of rotatable bonds is 0. The SMILES string of the molecule is [B]c1cnc2[nH]cc(I)c2c1. The fourth-order valence-corrected chi connectivity index (χ4v) is 1.55. The summed E-state index contributed by atoms with van der Waals surface area (Å²) in [5.41, 5.74) is 1.60. The lowest BCUT2D eigenvalue weighted by Gasteiger charge is -1.91. The predicted molar refractivity (Wildman–Crippen MR) is 54.2 cm³/mol. The van der Waals surface area contributed by atoms with Gasteiger partial charge in [-0.15, -0.1) is 0 Å². The van der Waals surface area contributed by atoms with Crippen LogP contribution in [0.5, 0.6) is 0 Å². The van der Waals surface area contributed by atoms with Gasteiger partial charge in [-0.05, 0) is 22.6 Å². The van der Waals surface area contributed by atoms with Gasteiger partial charge in [-0.3, -0.25) is 0 Å². The Morgan fingerprint density at radius 2 is 2.36 bits per heavy atom. The van der Waals surface area contributed by atoms with Gasteiger partial charge in [-0.2, -0.15) is 0 Å². The van der Waals surface area contributed by atoms with E-state index >= 15 is 0 Å². The summed E-state index contributed by atoms with van der Waals surface area (Å²) >= 11 is 2.24. The minimum Gasteiger partial charge on any atom is -0.345 e. The van der Waals surface area contributed by atoms with Crippen LogP contribution in [0.3, 0.4) is 0 Å². The van der Waals surface area contributed by atoms with Crippen molar-refractivity contribution in [3.8, 4) is 0 Å². The van der Waals surface area contributed by atoms with Gasteiger partial charge in [0.25, 0.3) is 0 Å². The molecule has 0 amide bonds. The summed E-state index contributed by atoms with van der Waals surface area (Å²) in [7, 11) is 5.57. The van der Waals surface area contributed by atoms with Gasteiger partial charge < -0.3 is 4.98 Å². The Hall–Kier alpha value is -0.515. The summed E-state index contributed by atoms with van der Waals surface area (Å²) in [6, 6.07) is 1.92. The molecule has 4 heteroatoms. The minimum atomic E-state index is 0.704. The average molecular weight is 254 g/mol. The van der Waals surface area contributed by atoms with E-state index in [1.807, 2.05) is 12.3 Å². The van der Waals surface area contributed by atoms with Crippen LogP contribution in [0.25, 0.3) is 11.0 Å². The van der Waals surface area contributed by atoms with Crippen LogP contribution in [0.1, 0.15) is 0 Å². The van der Waals surface area contributed by atoms with Gasteiger partial charge >= 0.3 is 0 Å². The highest BCUT2D eigenvalue weighted by Gasteiger charge is 1.99. The molecular weight excluding hydrogens is 250 g/mol. The molecule has 0 saturated heterocycles. The quantitative estimate of drug-likeness (QED) is 0.550. The van der Waals surface area contributed by atoms with Gasteiger partial charge in [-0.25, -0.2) is 4.98 Å². The van der Waals surface area contributed by atoms with Crippen LogP contribution in [0.4, 0.5) is 0 Å². The van der Waals surface area contributed by atoms with Gasteiger partial charge in [0.05, 0.1) is 0 Å². The van der Waals surface area contributed by atoms with Gasteiger partial charge in [-0.1, -0.05) is 11.5 Å². The fourth-order valence-electron chi connectivity index (χ4n) is 0.987. The van der Waals surface area contributed by atoms with Crippen LogP contribution < -0.4 is 5.46 Å². The zero-order chi connectivity index (χ0) is 7.84. The molecule has 11 heavy (non-hydrogen) atoms. The van der Waals surface area contributed by atoms with Crippen molar-refractivity contribution in [2.24, 2.45) is 0 Å². The van der Waals surface area contributed by atoms with Crippen molar-refractivity contribution in [2.75, 3.05) is 0 Å². The van der Waals surface area contributed by atoms with Gasteiger partial charge in [0.2, 0.25) is 0 Å². The Morgan fingerprint density at radius 3 is 3.18 bits per heavy atom. The number of hydrogen-bond donors (Lipinski definition) is 1. The Bertz CT molecular complexity index is 396. The first kappa shape index (κ1) is 7.15. The number of fused-ring (bicyclic) bond motifs is 1. The molecule has 0 unspecified atom stereocenters. The molecule has 2 nitrogen and oxygen atoms in total. The number of H-pyrrole nitrogens is 1. The Labute approximate surface area is 79.0 Å². The Morgan fingerprint density at radius 1 is 1.55 bits per heavy atom. The van der Waals surface area contributed by atoms with E-state index in [0.29, 0.717) is 5.46 Å². The topological polar surface area (TPSA) is 28.7 Å². The molecular formula is C7H4BIN2. The van der Waals surface area contributed by atoms with Crippen molar-refractivity contribution in [1.82, 2.24) is 9.97 Å². The van der Waals surface area contributed by atoms with E-state index in [4.69, 9.17) is 7.85 Å². The summed E-state index contributed by atoms with van der Waals surface area (Å²) in [5, 5.41) is 1.09. The number of pyridine rings is 1. The second-order valence-corrected chi connectivity index (χ2v) is 3.46. The van der Waals surface area contributed by atoms with Gasteiger partial charge in [0, 0.05) is 21.4 Å². The monoisotopic (exact) mass is 254 g/mol. The van der Waals surface area contributed by atoms with Crippen molar-refractivity contribution in [3.05, 3.63) is 22.0 Å². The van der Waals surface area contributed by atoms with E-state index < -0.39 is 0 Å². The largest absolute Gasteiger partial charge is 0.345 e. The molecule has 2 heterocycles. The summed E-state index contributed by atoms with van der Waals surface area (Å²) in [5.74, 6) is 0. The number of aromatic amines is 1. The molecule has 0 fully saturated rings. The molecule has 0 aliphatic heterocycles. The van der Waals surface area contributed by atoms with Crippen LogP contribution >= 0.6 is 22.6 Å². The third-order valence-corrected chi connectivity index (χ3v) is 2.39. The number of halogens is 1. The van der Waals surface area contributed by atoms with Gasteiger partial charge in [0.15, 0.2) is 0 Å². The molecule has 1 N–H and O–H groups in total. The molecule has 0 bridgehead atoms. The maximum Gasteiger partial charge on any atom is 0.138 e. The summed E-state index contributed by atoms with van der Waals surface area (Å²) in [6.45, 7) is 0. The van der Waals surface area contributed by atoms with Crippen LogP contribution in [0.2, 0.25) is 0 Å². The second kappa shape index (κ2) is 2.51. The van der Waals surface area contributed by atoms with Gasteiger partial charge in [0.1, 0.15) is 13.5 Å². The van der Waals surface area contributed by atoms with Crippen molar-refractivity contribution in [1.29, 1.82) is 0 Å². The molecule has 0 spiro atoms. The first-order chi connectivity index (χ1) is 5.27. The Kier molecular flexibility index (Phi) is 1.63. The van der Waals surface area contributed by atoms with Crippen molar-refractivity contribution in [3.63, 3.8) is 0 Å². The Balaban J connectivity index is 2.87. The summed E-state index contributed by atoms with van der Waals surface area (Å²) in [6.07, 6.45) is 3.56. The van der Waals surface area contributed by atoms with Crippen molar-refractivity contribution in [2.45, 2.75) is 0 Å². The third kappa shape index (κ3) is 1.15. The van der Waals surface area contributed by atoms with Crippen LogP contribution in [-0.2, 0) is 0 Å². The highest BCUT2D eigenvalue weighted by molar-refractivity contribution is 14.1. The molecule has 0 atom stereocenters. The molecule has 2 aromatic heterocycles. The zero-order valence-corrected chi connectivity index (χ0v) is 7.79. The van der Waals surface area contributed by atoms with Crippen molar-refractivity contribution < 1.29 is 0 Å². The van der Waals surface area contributed by atoms with E-state index in [0.717, 1.165) is 14.6 Å². The maximum atomic E-state index is 5.57. The van der Waals surface area contributed by atoms with E-state index in [1.165, 1.54) is 0 Å². The molecule has 2 rings (SSSR count). The lowest BCUT2D eigenvalue weighted by molar-refractivity contribution is 1.33. The molecule has 0 aliphatic carbocycles. The summed E-state index contributed by atoms with van der Waals surface area (Å²) < 4.78 is 1.15. The molecule has 0 saturated carbocycles. The molecule has 2 aromatic rings. The van der Waals surface area contributed by atoms with E-state index in [9.17, 15) is 0 Å². The fraction of sp³-hybridized carbons (Fsp3) is 0. The standard InChI is InChI=1S/C7H4BIN2/c8-4-1-5-6(9)3-11-7(5)10-2-4/h1-3H,(H,10,11). The second-order valence-electron chi connectivity index (χ2n) is 2.30. The molecule has 2 radical (unpaired) electrons. The lowest BCUT2D eigenvalue weighted by atomic mass is 9.98. The number of nitrogens with zero attached hydrogens (tertiary/aromatic N) is 1. The van der Waals surface area contributed by atoms with Crippen LogP contribution in [0, 0.1) is 3.57 Å². The predicted octanol–water partition coefficient (Wildman–Crippen LogP) is 0.961. The maximum absolute atomic E-state index is 5.57. The van der Waals surface area contributed by atoms with Crippen LogP contribution in [0.15, 0.2) is 18.5 Å². The lowest BCUT2D eigenvalue weighted by Crippen LogP contribution is -2.01. The molecule has 52 valence electrons. The zero-order valence-electron chi connectivity index (χ0n) is 5.63. The number of nitrogens with one attached hydrogen (secondary N) is 1. The molecule has 0 aromatic carbocycles. The smallest absolute Gasteiger partial charge is 0.138 e. The van der Waals surface area contributed by atoms with Crippen molar-refractivity contribution >= 4 is 46.9 Å². The highest BCUT2D eigenvalue weighted by Crippen LogP contribution is 2.15.